The Labute approximate surface area is 103 Å². The van der Waals surface area contributed by atoms with Crippen molar-refractivity contribution in [1.29, 1.82) is 0 Å². The van der Waals surface area contributed by atoms with Gasteiger partial charge in [0.1, 0.15) is 5.82 Å². The molecule has 1 aromatic heterocycles. The van der Waals surface area contributed by atoms with Gasteiger partial charge >= 0.3 is 7.12 Å². The lowest BCUT2D eigenvalue weighted by Crippen LogP contribution is -2.41. The summed E-state index contributed by atoms with van der Waals surface area (Å²) in [5, 5.41) is 0. The predicted molar refractivity (Wildman–Crippen MR) is 59.8 cm³/mol. The summed E-state index contributed by atoms with van der Waals surface area (Å²) >= 11 is 0. The van der Waals surface area contributed by atoms with Crippen molar-refractivity contribution < 1.29 is 22.5 Å². The molecule has 0 aliphatic carbocycles. The molecule has 0 amide bonds. The number of halogens is 3. The zero-order valence-electron chi connectivity index (χ0n) is 10.6. The molecule has 0 aromatic carbocycles. The van der Waals surface area contributed by atoms with Crippen LogP contribution in [0.15, 0.2) is 6.20 Å². The maximum absolute atomic E-state index is 13.6. The van der Waals surface area contributed by atoms with Gasteiger partial charge in [-0.3, -0.25) is 0 Å². The molecule has 1 aromatic rings. The van der Waals surface area contributed by atoms with Gasteiger partial charge in [-0.25, -0.2) is 13.8 Å². The quantitative estimate of drug-likeness (QED) is 0.569. The molecule has 1 fully saturated rings. The van der Waals surface area contributed by atoms with Gasteiger partial charge < -0.3 is 9.31 Å². The third kappa shape index (κ3) is 1.91. The number of hydrogen-bond acceptors (Lipinski definition) is 3. The van der Waals surface area contributed by atoms with Gasteiger partial charge in [0.2, 0.25) is 5.95 Å². The van der Waals surface area contributed by atoms with Crippen LogP contribution in [0.1, 0.15) is 27.7 Å². The largest absolute Gasteiger partial charge is 0.501 e. The molecule has 2 rings (SSSR count). The number of pyridine rings is 1. The van der Waals surface area contributed by atoms with Crippen molar-refractivity contribution in [3.8, 4) is 0 Å². The van der Waals surface area contributed by atoms with Gasteiger partial charge in [0.15, 0.2) is 5.82 Å². The summed E-state index contributed by atoms with van der Waals surface area (Å²) in [5.41, 5.74) is -2.09. The Hall–Kier alpha value is -1.08. The number of rotatable bonds is 1. The molecule has 0 bridgehead atoms. The van der Waals surface area contributed by atoms with E-state index in [-0.39, 0.29) is 0 Å². The van der Waals surface area contributed by atoms with Gasteiger partial charge in [-0.2, -0.15) is 4.39 Å². The van der Waals surface area contributed by atoms with E-state index in [1.165, 1.54) is 0 Å². The number of aromatic nitrogens is 1. The summed E-state index contributed by atoms with van der Waals surface area (Å²) in [6, 6.07) is 0. The van der Waals surface area contributed by atoms with Gasteiger partial charge in [-0.1, -0.05) is 0 Å². The van der Waals surface area contributed by atoms with E-state index in [1.807, 2.05) is 0 Å². The fourth-order valence-corrected chi connectivity index (χ4v) is 1.63. The van der Waals surface area contributed by atoms with Crippen molar-refractivity contribution in [2.24, 2.45) is 0 Å². The normalized spacial score (nSPS) is 21.4. The van der Waals surface area contributed by atoms with Crippen LogP contribution >= 0.6 is 0 Å². The minimum Gasteiger partial charge on any atom is -0.399 e. The summed E-state index contributed by atoms with van der Waals surface area (Å²) in [6.07, 6.45) is 0.610. The molecule has 0 saturated carbocycles. The van der Waals surface area contributed by atoms with Crippen LogP contribution in [0.25, 0.3) is 0 Å². The summed E-state index contributed by atoms with van der Waals surface area (Å²) in [6.45, 7) is 6.95. The van der Waals surface area contributed by atoms with Crippen molar-refractivity contribution in [1.82, 2.24) is 4.98 Å². The van der Waals surface area contributed by atoms with Gasteiger partial charge in [-0.05, 0) is 27.7 Å². The van der Waals surface area contributed by atoms with Crippen LogP contribution in [-0.2, 0) is 9.31 Å². The van der Waals surface area contributed by atoms with E-state index in [1.54, 1.807) is 27.7 Å². The molecule has 0 N–H and O–H groups in total. The molecular formula is C11H13BF3NO2. The van der Waals surface area contributed by atoms with E-state index < -0.39 is 41.4 Å². The van der Waals surface area contributed by atoms with Gasteiger partial charge in [0, 0.05) is 0 Å². The zero-order chi connectivity index (χ0) is 13.7. The lowest BCUT2D eigenvalue weighted by molar-refractivity contribution is 0.00578. The standard InChI is InChI=1S/C11H13BF3NO2/c1-10(2)11(3,4)18-12(17-10)7-6(13)5-16-9(15)8(7)14/h5H,1-4H3. The van der Waals surface area contributed by atoms with E-state index in [0.717, 1.165) is 0 Å². The van der Waals surface area contributed by atoms with E-state index in [2.05, 4.69) is 4.98 Å². The van der Waals surface area contributed by atoms with Crippen LogP contribution in [0.4, 0.5) is 13.2 Å². The molecule has 98 valence electrons. The Kier molecular flexibility index (Phi) is 2.94. The fraction of sp³-hybridized carbons (Fsp3) is 0.545. The van der Waals surface area contributed by atoms with Crippen molar-refractivity contribution in [2.75, 3.05) is 0 Å². The Morgan fingerprint density at radius 2 is 1.56 bits per heavy atom. The lowest BCUT2D eigenvalue weighted by atomic mass is 9.79. The first-order valence-electron chi connectivity index (χ1n) is 5.51. The topological polar surface area (TPSA) is 31.4 Å². The predicted octanol–water partition coefficient (Wildman–Crippen LogP) is 1.80. The molecule has 0 radical (unpaired) electrons. The second-order valence-electron chi connectivity index (χ2n) is 5.21. The molecule has 0 atom stereocenters. The van der Waals surface area contributed by atoms with Gasteiger partial charge in [-0.15, -0.1) is 0 Å². The second kappa shape index (κ2) is 3.96. The van der Waals surface area contributed by atoms with Crippen molar-refractivity contribution >= 4 is 12.6 Å². The zero-order valence-corrected chi connectivity index (χ0v) is 10.6. The molecule has 0 unspecified atom stereocenters. The maximum Gasteiger partial charge on any atom is 0.501 e. The molecule has 0 spiro atoms. The van der Waals surface area contributed by atoms with E-state index >= 15 is 0 Å². The van der Waals surface area contributed by atoms with Crippen molar-refractivity contribution in [3.05, 3.63) is 23.8 Å². The van der Waals surface area contributed by atoms with Crippen molar-refractivity contribution in [3.63, 3.8) is 0 Å². The average Bonchev–Trinajstić information content (AvgIpc) is 2.43. The minimum absolute atomic E-state index is 0.582. The van der Waals surface area contributed by atoms with Crippen molar-refractivity contribution in [2.45, 2.75) is 38.9 Å². The molecule has 1 aliphatic rings. The molecule has 1 saturated heterocycles. The fourth-order valence-electron chi connectivity index (χ4n) is 1.63. The smallest absolute Gasteiger partial charge is 0.399 e. The highest BCUT2D eigenvalue weighted by Gasteiger charge is 2.53. The molecular weight excluding hydrogens is 246 g/mol. The summed E-state index contributed by atoms with van der Waals surface area (Å²) in [7, 11) is -1.28. The van der Waals surface area contributed by atoms with Crippen LogP contribution in [0.2, 0.25) is 0 Å². The van der Waals surface area contributed by atoms with E-state index in [4.69, 9.17) is 9.31 Å². The molecule has 1 aliphatic heterocycles. The van der Waals surface area contributed by atoms with Gasteiger partial charge in [0.05, 0.1) is 22.9 Å². The van der Waals surface area contributed by atoms with Crippen LogP contribution in [0.5, 0.6) is 0 Å². The summed E-state index contributed by atoms with van der Waals surface area (Å²) in [5.74, 6) is -3.75. The molecule has 18 heavy (non-hydrogen) atoms. The Morgan fingerprint density at radius 3 is 2.06 bits per heavy atom. The Morgan fingerprint density at radius 1 is 1.06 bits per heavy atom. The SMILES string of the molecule is CC1(C)OB(c2c(F)cnc(F)c2F)OC1(C)C. The first kappa shape index (κ1) is 13.4. The molecule has 7 heteroatoms. The van der Waals surface area contributed by atoms with Crippen LogP contribution in [-0.4, -0.2) is 23.3 Å². The highest BCUT2D eigenvalue weighted by Crippen LogP contribution is 2.36. The van der Waals surface area contributed by atoms with E-state index in [0.29, 0.717) is 6.20 Å². The third-order valence-electron chi connectivity index (χ3n) is 3.46. The Balaban J connectivity index is 2.44. The lowest BCUT2D eigenvalue weighted by Gasteiger charge is -2.32. The van der Waals surface area contributed by atoms with Gasteiger partial charge in [0.25, 0.3) is 0 Å². The summed E-state index contributed by atoms with van der Waals surface area (Å²) < 4.78 is 51.1. The van der Waals surface area contributed by atoms with Crippen LogP contribution in [0, 0.1) is 17.6 Å². The minimum atomic E-state index is -1.38. The van der Waals surface area contributed by atoms with Crippen LogP contribution in [0.3, 0.4) is 0 Å². The first-order valence-corrected chi connectivity index (χ1v) is 5.51. The monoisotopic (exact) mass is 259 g/mol. The second-order valence-corrected chi connectivity index (χ2v) is 5.21. The highest BCUT2D eigenvalue weighted by atomic mass is 19.2. The maximum atomic E-state index is 13.6. The number of nitrogens with zero attached hydrogens (tertiary/aromatic N) is 1. The summed E-state index contributed by atoms with van der Waals surface area (Å²) in [4.78, 5) is 2.96. The first-order chi connectivity index (χ1) is 8.16. The highest BCUT2D eigenvalue weighted by molar-refractivity contribution is 6.62. The Bertz CT molecular complexity index is 477. The molecule has 2 heterocycles. The average molecular weight is 259 g/mol. The third-order valence-corrected chi connectivity index (χ3v) is 3.46. The van der Waals surface area contributed by atoms with E-state index in [9.17, 15) is 13.2 Å². The molecule has 3 nitrogen and oxygen atoms in total. The van der Waals surface area contributed by atoms with Crippen LogP contribution < -0.4 is 5.46 Å². The number of hydrogen-bond donors (Lipinski definition) is 0.